The van der Waals surface area contributed by atoms with E-state index in [0.29, 0.717) is 23.7 Å². The molecule has 9 nitrogen and oxygen atoms in total. The highest BCUT2D eigenvalue weighted by Crippen LogP contribution is 2.30. The fraction of sp³-hybridized carbons (Fsp3) is 0.235. The van der Waals surface area contributed by atoms with Gasteiger partial charge in [0, 0.05) is 42.0 Å². The molecule has 0 aromatic carbocycles. The average Bonchev–Trinajstić information content (AvgIpc) is 3.45. The number of aryl methyl sites for hydroxylation is 1. The van der Waals surface area contributed by atoms with E-state index in [1.807, 2.05) is 30.0 Å². The van der Waals surface area contributed by atoms with Crippen molar-refractivity contribution in [3.05, 3.63) is 45.3 Å². The van der Waals surface area contributed by atoms with Gasteiger partial charge in [0.05, 0.1) is 23.2 Å². The van der Waals surface area contributed by atoms with Crippen LogP contribution in [-0.2, 0) is 24.8 Å². The number of carbonyl (C=O) groups is 1. The summed E-state index contributed by atoms with van der Waals surface area (Å²) in [5, 5.41) is 15.9. The van der Waals surface area contributed by atoms with E-state index in [0.717, 1.165) is 32.3 Å². The molecule has 4 aromatic heterocycles. The maximum atomic E-state index is 11.4. The summed E-state index contributed by atoms with van der Waals surface area (Å²) >= 11 is 2.96. The summed E-state index contributed by atoms with van der Waals surface area (Å²) in [7, 11) is 1.98. The van der Waals surface area contributed by atoms with Crippen LogP contribution in [0.3, 0.4) is 0 Å². The number of anilines is 1. The molecule has 28 heavy (non-hydrogen) atoms. The maximum absolute atomic E-state index is 11.4. The van der Waals surface area contributed by atoms with Crippen LogP contribution < -0.4 is 5.73 Å². The maximum Gasteiger partial charge on any atom is 0.230 e. The van der Waals surface area contributed by atoms with Crippen LogP contribution in [0.1, 0.15) is 27.7 Å². The first-order valence-electron chi connectivity index (χ1n) is 8.44. The van der Waals surface area contributed by atoms with Crippen LogP contribution in [0, 0.1) is 6.92 Å². The molecule has 0 aliphatic carbocycles. The largest absolute Gasteiger partial charge is 0.375 e. The molecule has 0 aliphatic rings. The predicted molar refractivity (Wildman–Crippen MR) is 110 cm³/mol. The van der Waals surface area contributed by atoms with Crippen molar-refractivity contribution in [2.75, 3.05) is 5.73 Å². The second-order valence-electron chi connectivity index (χ2n) is 6.20. The fourth-order valence-corrected chi connectivity index (χ4v) is 4.57. The Morgan fingerprint density at radius 1 is 1.43 bits per heavy atom. The number of carbonyl (C=O) groups excluding carboxylic acids is 1. The molecule has 0 radical (unpaired) electrons. The molecule has 4 aromatic rings. The van der Waals surface area contributed by atoms with Crippen LogP contribution in [0.15, 0.2) is 22.7 Å². The summed E-state index contributed by atoms with van der Waals surface area (Å²) in [6.45, 7) is 2.28. The summed E-state index contributed by atoms with van der Waals surface area (Å²) < 4.78 is 3.08. The van der Waals surface area contributed by atoms with E-state index in [4.69, 9.17) is 10.7 Å². The Kier molecular flexibility index (Phi) is 4.92. The van der Waals surface area contributed by atoms with Gasteiger partial charge < -0.3 is 10.3 Å². The monoisotopic (exact) mass is 414 g/mol. The van der Waals surface area contributed by atoms with E-state index in [9.17, 15) is 4.79 Å². The number of H-pyrrole nitrogens is 1. The molecule has 0 unspecified atom stereocenters. The van der Waals surface area contributed by atoms with Crippen LogP contribution in [-0.4, -0.2) is 42.4 Å². The van der Waals surface area contributed by atoms with E-state index in [1.54, 1.807) is 23.7 Å². The molecule has 4 rings (SSSR count). The third-order valence-corrected chi connectivity index (χ3v) is 6.16. The third kappa shape index (κ3) is 3.53. The van der Waals surface area contributed by atoms with Gasteiger partial charge in [0.15, 0.2) is 10.8 Å². The van der Waals surface area contributed by atoms with Gasteiger partial charge in [-0.25, -0.2) is 15.0 Å². The molecular weight excluding hydrogens is 396 g/mol. The number of nitrogen functional groups attached to an aromatic ring is 1. The molecule has 4 heterocycles. The first kappa shape index (κ1) is 18.3. The molecule has 0 bridgehead atoms. The minimum Gasteiger partial charge on any atom is -0.375 e. The summed E-state index contributed by atoms with van der Waals surface area (Å²) in [4.78, 5) is 20.3. The van der Waals surface area contributed by atoms with Crippen LogP contribution in [0.2, 0.25) is 0 Å². The normalized spacial score (nSPS) is 11.6. The Morgan fingerprint density at radius 3 is 2.96 bits per heavy atom. The number of hydrogen-bond acceptors (Lipinski definition) is 8. The van der Waals surface area contributed by atoms with Crippen LogP contribution >= 0.6 is 22.7 Å². The van der Waals surface area contributed by atoms with E-state index in [-0.39, 0.29) is 6.54 Å². The molecule has 11 heteroatoms. The van der Waals surface area contributed by atoms with Crippen molar-refractivity contribution < 1.29 is 4.79 Å². The number of nitrogens with zero attached hydrogens (tertiary/aromatic N) is 6. The number of nitrogens with one attached hydrogen (secondary N) is 1. The summed E-state index contributed by atoms with van der Waals surface area (Å²) in [5.41, 5.74) is 10.3. The Balaban J connectivity index is 1.61. The molecule has 1 amide bonds. The van der Waals surface area contributed by atoms with Gasteiger partial charge in [-0.05, 0) is 13.0 Å². The number of nitrogens with two attached hydrogens (primary N) is 1. The van der Waals surface area contributed by atoms with Crippen molar-refractivity contribution in [3.8, 4) is 0 Å². The van der Waals surface area contributed by atoms with E-state index in [2.05, 4.69) is 20.3 Å². The first-order chi connectivity index (χ1) is 13.5. The van der Waals surface area contributed by atoms with Crippen molar-refractivity contribution in [1.82, 2.24) is 29.7 Å². The molecular formula is C17H18N8OS2. The SMILES string of the molecule is Cc1c(/C=N\N(C=O)Cc2csc(N)n2)c2sc(Cc3ccn[nH]3)nc2n1C. The number of hydrogen-bond donors (Lipinski definition) is 2. The van der Waals surface area contributed by atoms with E-state index < -0.39 is 0 Å². The lowest BCUT2D eigenvalue weighted by Gasteiger charge is -2.08. The molecule has 144 valence electrons. The topological polar surface area (TPSA) is 118 Å². The van der Waals surface area contributed by atoms with Gasteiger partial charge in [-0.1, -0.05) is 0 Å². The van der Waals surface area contributed by atoms with Gasteiger partial charge in [-0.15, -0.1) is 22.7 Å². The predicted octanol–water partition coefficient (Wildman–Crippen LogP) is 2.29. The highest BCUT2D eigenvalue weighted by molar-refractivity contribution is 7.19. The molecule has 0 saturated carbocycles. The zero-order chi connectivity index (χ0) is 19.7. The minimum absolute atomic E-state index is 0.274. The number of aromatic nitrogens is 5. The fourth-order valence-electron chi connectivity index (χ4n) is 2.83. The number of amides is 1. The number of fused-ring (bicyclic) bond motifs is 1. The zero-order valence-electron chi connectivity index (χ0n) is 15.3. The first-order valence-corrected chi connectivity index (χ1v) is 10.1. The van der Waals surface area contributed by atoms with Crippen LogP contribution in [0.4, 0.5) is 5.13 Å². The van der Waals surface area contributed by atoms with Crippen molar-refractivity contribution >= 4 is 50.8 Å². The standard InChI is InChI=1S/C17H18N8OS2/c1-10-13(6-20-25(9-26)7-12-8-27-17(18)21-12)15-16(24(10)2)22-14(28-15)5-11-3-4-19-23-11/h3-4,6,8-9H,5,7H2,1-2H3,(H2,18,21)(H,19,23)/b20-6-. The second-order valence-corrected chi connectivity index (χ2v) is 8.18. The number of rotatable bonds is 7. The molecule has 3 N–H and O–H groups in total. The van der Waals surface area contributed by atoms with E-state index >= 15 is 0 Å². The molecule has 0 aliphatic heterocycles. The number of aromatic amines is 1. The van der Waals surface area contributed by atoms with Gasteiger partial charge in [0.2, 0.25) is 6.41 Å². The Hall–Kier alpha value is -3.05. The third-order valence-electron chi connectivity index (χ3n) is 4.36. The lowest BCUT2D eigenvalue weighted by Crippen LogP contribution is -2.15. The van der Waals surface area contributed by atoms with Gasteiger partial charge in [-0.3, -0.25) is 9.89 Å². The van der Waals surface area contributed by atoms with Crippen LogP contribution in [0.5, 0.6) is 0 Å². The Bertz CT molecular complexity index is 1140. The molecule has 0 spiro atoms. The quantitative estimate of drug-likeness (QED) is 0.273. The lowest BCUT2D eigenvalue weighted by molar-refractivity contribution is -0.118. The smallest absolute Gasteiger partial charge is 0.230 e. The second kappa shape index (κ2) is 7.52. The van der Waals surface area contributed by atoms with Crippen molar-refractivity contribution in [2.45, 2.75) is 19.9 Å². The zero-order valence-corrected chi connectivity index (χ0v) is 16.9. The van der Waals surface area contributed by atoms with Crippen LogP contribution in [0.25, 0.3) is 10.3 Å². The Morgan fingerprint density at radius 2 is 2.29 bits per heavy atom. The summed E-state index contributed by atoms with van der Waals surface area (Å²) in [6, 6.07) is 1.94. The van der Waals surface area contributed by atoms with E-state index in [1.165, 1.54) is 16.3 Å². The number of hydrazone groups is 1. The van der Waals surface area contributed by atoms with Crippen molar-refractivity contribution in [3.63, 3.8) is 0 Å². The molecule has 0 fully saturated rings. The highest BCUT2D eigenvalue weighted by atomic mass is 32.1. The summed E-state index contributed by atoms with van der Waals surface area (Å²) in [6.07, 6.45) is 4.81. The highest BCUT2D eigenvalue weighted by Gasteiger charge is 2.17. The van der Waals surface area contributed by atoms with Gasteiger partial charge in [0.1, 0.15) is 5.01 Å². The Labute approximate surface area is 168 Å². The van der Waals surface area contributed by atoms with Gasteiger partial charge in [0.25, 0.3) is 0 Å². The lowest BCUT2D eigenvalue weighted by atomic mass is 10.3. The average molecular weight is 415 g/mol. The number of thiazole rings is 2. The molecule has 0 saturated heterocycles. The van der Waals surface area contributed by atoms with Gasteiger partial charge >= 0.3 is 0 Å². The van der Waals surface area contributed by atoms with Gasteiger partial charge in [-0.2, -0.15) is 10.2 Å². The summed E-state index contributed by atoms with van der Waals surface area (Å²) in [5.74, 6) is 0. The molecule has 0 atom stereocenters. The van der Waals surface area contributed by atoms with Crippen molar-refractivity contribution in [1.29, 1.82) is 0 Å². The van der Waals surface area contributed by atoms with Crippen molar-refractivity contribution in [2.24, 2.45) is 12.1 Å². The minimum atomic E-state index is 0.274.